The Morgan fingerprint density at radius 1 is 1.00 bits per heavy atom. The third-order valence-electron chi connectivity index (χ3n) is 4.75. The number of carbonyl (C=O) groups is 1. The SMILES string of the molecule is COc1ccc(CC(=O)Nc2cccc(-c3nc4cc(C)ccc4o3)c2)cc1OC. The molecule has 1 aromatic heterocycles. The van der Waals surface area contributed by atoms with Crippen LogP contribution in [0.5, 0.6) is 11.5 Å². The van der Waals surface area contributed by atoms with Gasteiger partial charge in [-0.15, -0.1) is 0 Å². The molecular weight excluding hydrogens is 380 g/mol. The van der Waals surface area contributed by atoms with Crippen LogP contribution in [-0.4, -0.2) is 25.1 Å². The molecule has 0 radical (unpaired) electrons. The van der Waals surface area contributed by atoms with E-state index in [-0.39, 0.29) is 12.3 Å². The Kier molecular flexibility index (Phi) is 5.39. The zero-order chi connectivity index (χ0) is 21.1. The van der Waals surface area contributed by atoms with Crippen molar-refractivity contribution in [2.24, 2.45) is 0 Å². The quantitative estimate of drug-likeness (QED) is 0.491. The molecule has 0 aliphatic heterocycles. The van der Waals surface area contributed by atoms with Gasteiger partial charge in [-0.25, -0.2) is 4.98 Å². The molecule has 0 aliphatic rings. The molecule has 3 aromatic carbocycles. The molecule has 6 heteroatoms. The summed E-state index contributed by atoms with van der Waals surface area (Å²) in [4.78, 5) is 17.1. The maximum atomic E-state index is 12.5. The molecular formula is C24H22N2O4. The molecule has 0 saturated carbocycles. The molecule has 0 saturated heterocycles. The number of carbonyl (C=O) groups excluding carboxylic acids is 1. The van der Waals surface area contributed by atoms with E-state index in [4.69, 9.17) is 13.9 Å². The number of rotatable bonds is 6. The molecule has 0 aliphatic carbocycles. The number of nitrogens with zero attached hydrogens (tertiary/aromatic N) is 1. The highest BCUT2D eigenvalue weighted by molar-refractivity contribution is 5.93. The molecule has 152 valence electrons. The number of fused-ring (bicyclic) bond motifs is 1. The molecule has 0 bridgehead atoms. The van der Waals surface area contributed by atoms with Gasteiger partial charge >= 0.3 is 0 Å². The van der Waals surface area contributed by atoms with Crippen molar-refractivity contribution in [3.8, 4) is 23.0 Å². The van der Waals surface area contributed by atoms with Crippen LogP contribution in [0.15, 0.2) is 65.1 Å². The first-order valence-corrected chi connectivity index (χ1v) is 9.54. The fourth-order valence-corrected chi connectivity index (χ4v) is 3.27. The van der Waals surface area contributed by atoms with Crippen LogP contribution in [0, 0.1) is 6.92 Å². The third-order valence-corrected chi connectivity index (χ3v) is 4.75. The Labute approximate surface area is 174 Å². The Morgan fingerprint density at radius 3 is 2.63 bits per heavy atom. The number of amides is 1. The van der Waals surface area contributed by atoms with Gasteiger partial charge in [0.1, 0.15) is 5.52 Å². The molecule has 0 atom stereocenters. The van der Waals surface area contributed by atoms with Gasteiger partial charge in [0.2, 0.25) is 11.8 Å². The van der Waals surface area contributed by atoms with E-state index in [1.807, 2.05) is 55.5 Å². The van der Waals surface area contributed by atoms with Crippen LogP contribution < -0.4 is 14.8 Å². The number of oxazole rings is 1. The minimum absolute atomic E-state index is 0.132. The van der Waals surface area contributed by atoms with Gasteiger partial charge in [-0.05, 0) is 60.5 Å². The third kappa shape index (κ3) is 4.12. The Balaban J connectivity index is 1.50. The van der Waals surface area contributed by atoms with Crippen molar-refractivity contribution in [3.05, 3.63) is 71.8 Å². The molecule has 30 heavy (non-hydrogen) atoms. The smallest absolute Gasteiger partial charge is 0.228 e. The molecule has 1 amide bonds. The number of methoxy groups -OCH3 is 2. The van der Waals surface area contributed by atoms with Crippen molar-refractivity contribution >= 4 is 22.7 Å². The van der Waals surface area contributed by atoms with E-state index in [1.165, 1.54) is 0 Å². The minimum Gasteiger partial charge on any atom is -0.493 e. The Bertz CT molecular complexity index is 1210. The van der Waals surface area contributed by atoms with Crippen molar-refractivity contribution in [1.29, 1.82) is 0 Å². The van der Waals surface area contributed by atoms with Gasteiger partial charge in [-0.1, -0.05) is 18.2 Å². The first-order valence-electron chi connectivity index (χ1n) is 9.54. The number of anilines is 1. The van der Waals surface area contributed by atoms with Gasteiger partial charge in [-0.2, -0.15) is 0 Å². The van der Waals surface area contributed by atoms with Crippen LogP contribution in [0.2, 0.25) is 0 Å². The fraction of sp³-hybridized carbons (Fsp3) is 0.167. The molecule has 1 heterocycles. The van der Waals surface area contributed by atoms with Gasteiger partial charge in [0.05, 0.1) is 20.6 Å². The maximum Gasteiger partial charge on any atom is 0.228 e. The molecule has 4 rings (SSSR count). The summed E-state index contributed by atoms with van der Waals surface area (Å²) in [5.74, 6) is 1.61. The van der Waals surface area contributed by atoms with Crippen molar-refractivity contribution in [2.75, 3.05) is 19.5 Å². The van der Waals surface area contributed by atoms with Crippen molar-refractivity contribution in [1.82, 2.24) is 4.98 Å². The molecule has 6 nitrogen and oxygen atoms in total. The number of hydrogen-bond acceptors (Lipinski definition) is 5. The highest BCUT2D eigenvalue weighted by atomic mass is 16.5. The Hall–Kier alpha value is -3.80. The molecule has 0 unspecified atom stereocenters. The first kappa shape index (κ1) is 19.5. The summed E-state index contributed by atoms with van der Waals surface area (Å²) in [7, 11) is 3.15. The van der Waals surface area contributed by atoms with Crippen LogP contribution in [0.1, 0.15) is 11.1 Å². The van der Waals surface area contributed by atoms with Crippen LogP contribution >= 0.6 is 0 Å². The van der Waals surface area contributed by atoms with Crippen LogP contribution in [0.25, 0.3) is 22.6 Å². The van der Waals surface area contributed by atoms with Crippen LogP contribution in [0.4, 0.5) is 5.69 Å². The number of nitrogens with one attached hydrogen (secondary N) is 1. The lowest BCUT2D eigenvalue weighted by molar-refractivity contribution is -0.115. The normalized spacial score (nSPS) is 10.8. The highest BCUT2D eigenvalue weighted by Gasteiger charge is 2.11. The molecule has 0 fully saturated rings. The average Bonchev–Trinajstić information content (AvgIpc) is 3.17. The van der Waals surface area contributed by atoms with Crippen molar-refractivity contribution in [2.45, 2.75) is 13.3 Å². The van der Waals surface area contributed by atoms with Gasteiger partial charge in [0.15, 0.2) is 17.1 Å². The monoisotopic (exact) mass is 402 g/mol. The summed E-state index contributed by atoms with van der Waals surface area (Å²) >= 11 is 0. The second-order valence-electron chi connectivity index (χ2n) is 6.99. The predicted octanol–water partition coefficient (Wildman–Crippen LogP) is 5.00. The van der Waals surface area contributed by atoms with Gasteiger partial charge in [-0.3, -0.25) is 4.79 Å². The lowest BCUT2D eigenvalue weighted by atomic mass is 10.1. The summed E-state index contributed by atoms with van der Waals surface area (Å²) in [5, 5.41) is 2.93. The van der Waals surface area contributed by atoms with Gasteiger partial charge in [0, 0.05) is 11.3 Å². The number of aryl methyl sites for hydroxylation is 1. The predicted molar refractivity (Wildman–Crippen MR) is 116 cm³/mol. The summed E-state index contributed by atoms with van der Waals surface area (Å²) in [6, 6.07) is 18.8. The summed E-state index contributed by atoms with van der Waals surface area (Å²) in [5.41, 5.74) is 4.98. The van der Waals surface area contributed by atoms with E-state index in [1.54, 1.807) is 26.4 Å². The minimum atomic E-state index is -0.132. The van der Waals surface area contributed by atoms with Crippen molar-refractivity contribution in [3.63, 3.8) is 0 Å². The van der Waals surface area contributed by atoms with Crippen LogP contribution in [-0.2, 0) is 11.2 Å². The second kappa shape index (κ2) is 8.29. The van der Waals surface area contributed by atoms with E-state index < -0.39 is 0 Å². The molecule has 0 spiro atoms. The summed E-state index contributed by atoms with van der Waals surface area (Å²) in [6.45, 7) is 2.02. The second-order valence-corrected chi connectivity index (χ2v) is 6.99. The highest BCUT2D eigenvalue weighted by Crippen LogP contribution is 2.29. The van der Waals surface area contributed by atoms with E-state index >= 15 is 0 Å². The number of aromatic nitrogens is 1. The zero-order valence-electron chi connectivity index (χ0n) is 17.1. The Morgan fingerprint density at radius 2 is 1.83 bits per heavy atom. The summed E-state index contributed by atoms with van der Waals surface area (Å²) in [6.07, 6.45) is 0.215. The molecule has 4 aromatic rings. The average molecular weight is 402 g/mol. The van der Waals surface area contributed by atoms with E-state index in [9.17, 15) is 4.79 Å². The lowest BCUT2D eigenvalue weighted by Crippen LogP contribution is -2.14. The summed E-state index contributed by atoms with van der Waals surface area (Å²) < 4.78 is 16.4. The van der Waals surface area contributed by atoms with Crippen LogP contribution in [0.3, 0.4) is 0 Å². The van der Waals surface area contributed by atoms with Crippen molar-refractivity contribution < 1.29 is 18.7 Å². The van der Waals surface area contributed by atoms with E-state index in [0.717, 1.165) is 27.8 Å². The number of ether oxygens (including phenoxy) is 2. The first-order chi connectivity index (χ1) is 14.6. The van der Waals surface area contributed by atoms with E-state index in [0.29, 0.717) is 23.1 Å². The van der Waals surface area contributed by atoms with Gasteiger partial charge < -0.3 is 19.2 Å². The molecule has 1 N–H and O–H groups in total. The lowest BCUT2D eigenvalue weighted by Gasteiger charge is -2.10. The number of hydrogen-bond donors (Lipinski definition) is 1. The maximum absolute atomic E-state index is 12.5. The largest absolute Gasteiger partial charge is 0.493 e. The number of benzene rings is 3. The topological polar surface area (TPSA) is 73.6 Å². The van der Waals surface area contributed by atoms with Gasteiger partial charge in [0.25, 0.3) is 0 Å². The zero-order valence-corrected chi connectivity index (χ0v) is 17.1. The standard InChI is InChI=1S/C24H22N2O4/c1-15-7-9-20-19(11-15)26-24(30-20)17-5-4-6-18(14-17)25-23(27)13-16-8-10-21(28-2)22(12-16)29-3/h4-12,14H,13H2,1-3H3,(H,25,27). The van der Waals surface area contributed by atoms with E-state index in [2.05, 4.69) is 10.3 Å². The fourth-order valence-electron chi connectivity index (χ4n) is 3.27.